The first-order valence-electron chi connectivity index (χ1n) is 14.1. The van der Waals surface area contributed by atoms with Crippen molar-refractivity contribution in [3.8, 4) is 11.5 Å². The number of pyridine rings is 1. The molecule has 40 heavy (non-hydrogen) atoms. The van der Waals surface area contributed by atoms with Crippen molar-refractivity contribution in [2.75, 3.05) is 33.9 Å². The number of benzene rings is 2. The number of likely N-dealkylation sites (tertiary alicyclic amines) is 1. The van der Waals surface area contributed by atoms with Crippen molar-refractivity contribution in [3.05, 3.63) is 75.8 Å². The Morgan fingerprint density at radius 3 is 2.55 bits per heavy atom. The molecule has 2 atom stereocenters. The van der Waals surface area contributed by atoms with Crippen LogP contribution in [0.3, 0.4) is 0 Å². The molecule has 0 spiro atoms. The van der Waals surface area contributed by atoms with Crippen LogP contribution in [0.25, 0.3) is 10.9 Å². The number of H-pyrrole nitrogens is 1. The van der Waals surface area contributed by atoms with Crippen molar-refractivity contribution >= 4 is 10.9 Å². The normalized spacial score (nSPS) is 19.2. The van der Waals surface area contributed by atoms with E-state index >= 15 is 0 Å². The van der Waals surface area contributed by atoms with Crippen molar-refractivity contribution < 1.29 is 14.2 Å². The average Bonchev–Trinajstić information content (AvgIpc) is 3.67. The molecule has 2 aromatic carbocycles. The zero-order valence-corrected chi connectivity index (χ0v) is 23.1. The van der Waals surface area contributed by atoms with E-state index in [9.17, 15) is 4.79 Å². The number of aromatic nitrogens is 5. The number of nitrogens with zero attached hydrogens (tertiary/aromatic N) is 5. The van der Waals surface area contributed by atoms with Crippen LogP contribution in [0.5, 0.6) is 11.5 Å². The van der Waals surface area contributed by atoms with Gasteiger partial charge in [0, 0.05) is 23.6 Å². The molecular weight excluding hydrogens is 508 g/mol. The van der Waals surface area contributed by atoms with Gasteiger partial charge < -0.3 is 19.2 Å². The van der Waals surface area contributed by atoms with Gasteiger partial charge in [0.05, 0.1) is 32.4 Å². The van der Waals surface area contributed by atoms with Crippen LogP contribution >= 0.6 is 0 Å². The molecule has 2 saturated heterocycles. The van der Waals surface area contributed by atoms with E-state index in [0.717, 1.165) is 57.2 Å². The molecule has 2 aliphatic rings. The van der Waals surface area contributed by atoms with Gasteiger partial charge in [0.15, 0.2) is 17.3 Å². The lowest BCUT2D eigenvalue weighted by molar-refractivity contribution is 0.0892. The largest absolute Gasteiger partial charge is 0.493 e. The second kappa shape index (κ2) is 11.8. The SMILES string of the molecule is COc1cc2cc([C@H](c3nnnn3C[C@H]3CCCO3)N3CCC(Cc4ccccc4)CC3)c(=O)[nH]c2cc1OC. The number of fused-ring (bicyclic) bond motifs is 1. The molecule has 0 radical (unpaired) electrons. The summed E-state index contributed by atoms with van der Waals surface area (Å²) < 4.78 is 18.7. The van der Waals surface area contributed by atoms with Gasteiger partial charge in [-0.3, -0.25) is 9.69 Å². The number of hydrogen-bond acceptors (Lipinski definition) is 8. The standard InChI is InChI=1S/C30H36N6O4/c1-38-26-17-22-16-24(30(37)31-25(22)18-27(26)39-2)28(29-32-33-34-36(29)19-23-9-6-14-40-23)35-12-10-21(11-13-35)15-20-7-4-3-5-8-20/h3-5,7-8,16-18,21,23,28H,6,9-15,19H2,1-2H3,(H,31,37)/t23-,28-/m1/s1. The molecule has 4 heterocycles. The fourth-order valence-corrected chi connectivity index (χ4v) is 6.13. The van der Waals surface area contributed by atoms with Crippen LogP contribution in [0.1, 0.15) is 48.7 Å². The molecule has 10 heteroatoms. The maximum absolute atomic E-state index is 13.7. The van der Waals surface area contributed by atoms with Crippen LogP contribution < -0.4 is 15.0 Å². The molecule has 0 amide bonds. The number of nitrogens with one attached hydrogen (secondary N) is 1. The summed E-state index contributed by atoms with van der Waals surface area (Å²) in [6.07, 6.45) is 5.23. The van der Waals surface area contributed by atoms with Gasteiger partial charge in [0.2, 0.25) is 0 Å². The minimum absolute atomic E-state index is 0.0751. The number of rotatable bonds is 9. The van der Waals surface area contributed by atoms with Gasteiger partial charge in [-0.2, -0.15) is 0 Å². The summed E-state index contributed by atoms with van der Waals surface area (Å²) in [5.41, 5.74) is 2.51. The lowest BCUT2D eigenvalue weighted by Crippen LogP contribution is -2.41. The van der Waals surface area contributed by atoms with Crippen LogP contribution in [-0.4, -0.2) is 70.1 Å². The van der Waals surface area contributed by atoms with Gasteiger partial charge in [-0.25, -0.2) is 4.68 Å². The maximum atomic E-state index is 13.7. The topological polar surface area (TPSA) is 107 Å². The fraction of sp³-hybridized carbons (Fsp3) is 0.467. The first kappa shape index (κ1) is 26.5. The van der Waals surface area contributed by atoms with Crippen molar-refractivity contribution in [2.45, 2.75) is 50.8 Å². The Morgan fingerprint density at radius 1 is 1.05 bits per heavy atom. The van der Waals surface area contributed by atoms with E-state index in [1.807, 2.05) is 16.8 Å². The zero-order valence-electron chi connectivity index (χ0n) is 23.1. The average molecular weight is 545 g/mol. The third-order valence-corrected chi connectivity index (χ3v) is 8.26. The summed E-state index contributed by atoms with van der Waals surface area (Å²) in [5, 5.41) is 13.7. The highest BCUT2D eigenvalue weighted by Crippen LogP contribution is 2.35. The number of piperidine rings is 1. The molecule has 0 saturated carbocycles. The monoisotopic (exact) mass is 544 g/mol. The second-order valence-corrected chi connectivity index (χ2v) is 10.8. The Hall–Kier alpha value is -3.76. The molecule has 10 nitrogen and oxygen atoms in total. The summed E-state index contributed by atoms with van der Waals surface area (Å²) in [4.78, 5) is 19.1. The first-order valence-corrected chi connectivity index (χ1v) is 14.1. The van der Waals surface area contributed by atoms with Gasteiger partial charge in [-0.1, -0.05) is 30.3 Å². The van der Waals surface area contributed by atoms with E-state index < -0.39 is 6.04 Å². The lowest BCUT2D eigenvalue weighted by atomic mass is 9.89. The van der Waals surface area contributed by atoms with Crippen LogP contribution in [0.4, 0.5) is 0 Å². The van der Waals surface area contributed by atoms with E-state index in [2.05, 4.69) is 55.7 Å². The molecule has 2 aromatic heterocycles. The van der Waals surface area contributed by atoms with Crippen LogP contribution in [0.2, 0.25) is 0 Å². The molecule has 0 bridgehead atoms. The predicted octanol–water partition coefficient (Wildman–Crippen LogP) is 3.75. The molecule has 1 N–H and O–H groups in total. The molecule has 0 aliphatic carbocycles. The molecule has 4 aromatic rings. The number of ether oxygens (including phenoxy) is 3. The molecule has 0 unspecified atom stereocenters. The first-order chi connectivity index (χ1) is 19.6. The summed E-state index contributed by atoms with van der Waals surface area (Å²) in [5.74, 6) is 2.43. The Labute approximate surface area is 233 Å². The summed E-state index contributed by atoms with van der Waals surface area (Å²) in [6, 6.07) is 15.9. The maximum Gasteiger partial charge on any atom is 0.253 e. The Kier molecular flexibility index (Phi) is 7.79. The van der Waals surface area contributed by atoms with Crippen molar-refractivity contribution in [1.29, 1.82) is 0 Å². The Morgan fingerprint density at radius 2 is 1.82 bits per heavy atom. The predicted molar refractivity (Wildman–Crippen MR) is 151 cm³/mol. The molecular formula is C30H36N6O4. The fourth-order valence-electron chi connectivity index (χ4n) is 6.13. The molecule has 2 aliphatic heterocycles. The highest BCUT2D eigenvalue weighted by Gasteiger charge is 2.34. The molecule has 210 valence electrons. The van der Waals surface area contributed by atoms with E-state index in [0.29, 0.717) is 40.9 Å². The quantitative estimate of drug-likeness (QED) is 0.340. The van der Waals surface area contributed by atoms with E-state index in [1.54, 1.807) is 20.3 Å². The summed E-state index contributed by atoms with van der Waals surface area (Å²) in [7, 11) is 3.19. The number of tetrazole rings is 1. The third kappa shape index (κ3) is 5.46. The van der Waals surface area contributed by atoms with Crippen molar-refractivity contribution in [1.82, 2.24) is 30.1 Å². The van der Waals surface area contributed by atoms with E-state index in [4.69, 9.17) is 14.2 Å². The summed E-state index contributed by atoms with van der Waals surface area (Å²) in [6.45, 7) is 3.02. The highest BCUT2D eigenvalue weighted by atomic mass is 16.5. The second-order valence-electron chi connectivity index (χ2n) is 10.8. The lowest BCUT2D eigenvalue weighted by Gasteiger charge is -2.37. The van der Waals surface area contributed by atoms with E-state index in [1.165, 1.54) is 5.56 Å². The molecule has 2 fully saturated rings. The van der Waals surface area contributed by atoms with Crippen LogP contribution in [0.15, 0.2) is 53.3 Å². The van der Waals surface area contributed by atoms with Gasteiger partial charge in [0.25, 0.3) is 5.56 Å². The Balaban J connectivity index is 1.35. The van der Waals surface area contributed by atoms with Crippen molar-refractivity contribution in [2.24, 2.45) is 5.92 Å². The minimum Gasteiger partial charge on any atom is -0.493 e. The van der Waals surface area contributed by atoms with Gasteiger partial charge in [-0.05, 0) is 79.2 Å². The van der Waals surface area contributed by atoms with E-state index in [-0.39, 0.29) is 11.7 Å². The van der Waals surface area contributed by atoms with Gasteiger partial charge >= 0.3 is 0 Å². The van der Waals surface area contributed by atoms with Gasteiger partial charge in [-0.15, -0.1) is 5.10 Å². The smallest absolute Gasteiger partial charge is 0.253 e. The van der Waals surface area contributed by atoms with Gasteiger partial charge in [0.1, 0.15) is 6.04 Å². The third-order valence-electron chi connectivity index (χ3n) is 8.26. The van der Waals surface area contributed by atoms with Crippen LogP contribution in [0, 0.1) is 5.92 Å². The highest BCUT2D eigenvalue weighted by molar-refractivity contribution is 5.83. The zero-order chi connectivity index (χ0) is 27.5. The number of hydrogen-bond donors (Lipinski definition) is 1. The Bertz CT molecular complexity index is 1490. The van der Waals surface area contributed by atoms with Crippen LogP contribution in [-0.2, 0) is 17.7 Å². The number of aromatic amines is 1. The van der Waals surface area contributed by atoms with Crippen molar-refractivity contribution in [3.63, 3.8) is 0 Å². The number of methoxy groups -OCH3 is 2. The minimum atomic E-state index is -0.393. The molecule has 6 rings (SSSR count). The summed E-state index contributed by atoms with van der Waals surface area (Å²) >= 11 is 0.